The van der Waals surface area contributed by atoms with E-state index in [1.54, 1.807) is 6.20 Å². The summed E-state index contributed by atoms with van der Waals surface area (Å²) in [6.07, 6.45) is 7.98. The maximum atomic E-state index is 15.6. The van der Waals surface area contributed by atoms with E-state index in [9.17, 15) is 14.7 Å². The van der Waals surface area contributed by atoms with Crippen LogP contribution < -0.4 is 21.2 Å². The van der Waals surface area contributed by atoms with Gasteiger partial charge in [-0.05, 0) is 44.7 Å². The van der Waals surface area contributed by atoms with Crippen molar-refractivity contribution in [2.75, 3.05) is 17.7 Å². The molecule has 3 aromatic rings. The number of hydrogen-bond acceptors (Lipinski definition) is 6. The van der Waals surface area contributed by atoms with Gasteiger partial charge in [-0.15, -0.1) is 0 Å². The Bertz CT molecular complexity index is 1330. The number of nitrogens with one attached hydrogen (secondary N) is 1. The van der Waals surface area contributed by atoms with Crippen molar-refractivity contribution < 1.29 is 19.0 Å². The predicted octanol–water partition coefficient (Wildman–Crippen LogP) is 3.91. The molecule has 1 saturated carbocycles. The number of fused-ring (bicyclic) bond motifs is 1. The number of aryl methyl sites for hydroxylation is 1. The van der Waals surface area contributed by atoms with Gasteiger partial charge in [0.25, 0.3) is 0 Å². The molecule has 2 aromatic heterocycles. The molecular formula is C25H27FN4O4. The Kier molecular flexibility index (Phi) is 5.42. The van der Waals surface area contributed by atoms with Gasteiger partial charge >= 0.3 is 5.97 Å². The number of carbonyl (C=O) groups is 1. The molecule has 0 bridgehead atoms. The molecule has 0 amide bonds. The van der Waals surface area contributed by atoms with E-state index in [0.717, 1.165) is 31.4 Å². The zero-order valence-corrected chi connectivity index (χ0v) is 18.9. The first-order valence-corrected chi connectivity index (χ1v) is 11.6. The van der Waals surface area contributed by atoms with Crippen LogP contribution in [0.2, 0.25) is 0 Å². The quantitative estimate of drug-likeness (QED) is 0.471. The molecule has 1 aliphatic carbocycles. The maximum Gasteiger partial charge on any atom is 0.341 e. The van der Waals surface area contributed by atoms with Crippen LogP contribution in [0.1, 0.15) is 55.1 Å². The van der Waals surface area contributed by atoms with Crippen LogP contribution in [0.15, 0.2) is 35.4 Å². The van der Waals surface area contributed by atoms with Crippen LogP contribution >= 0.6 is 0 Å². The molecule has 3 heterocycles. The fourth-order valence-electron chi connectivity index (χ4n) is 5.27. The topological polar surface area (TPSA) is 119 Å². The summed E-state index contributed by atoms with van der Waals surface area (Å²) in [6.45, 7) is 2.20. The van der Waals surface area contributed by atoms with Gasteiger partial charge in [0.15, 0.2) is 11.6 Å². The minimum Gasteiger partial charge on any atom is -0.487 e. The molecule has 0 saturated heterocycles. The van der Waals surface area contributed by atoms with Crippen LogP contribution in [-0.2, 0) is 12.0 Å². The van der Waals surface area contributed by atoms with Crippen LogP contribution in [0.4, 0.5) is 15.8 Å². The Morgan fingerprint density at radius 3 is 2.82 bits per heavy atom. The molecular weight excluding hydrogens is 439 g/mol. The van der Waals surface area contributed by atoms with Crippen molar-refractivity contribution in [1.29, 1.82) is 0 Å². The number of aromatic carboxylic acids is 1. The third kappa shape index (κ3) is 3.46. The van der Waals surface area contributed by atoms with Crippen molar-refractivity contribution >= 4 is 28.2 Å². The molecule has 8 nitrogen and oxygen atoms in total. The minimum absolute atomic E-state index is 0.0996. The van der Waals surface area contributed by atoms with Gasteiger partial charge in [-0.3, -0.25) is 9.78 Å². The summed E-state index contributed by atoms with van der Waals surface area (Å²) < 4.78 is 23.5. The number of pyridine rings is 2. The number of ether oxygens (including phenoxy) is 1. The van der Waals surface area contributed by atoms with Gasteiger partial charge in [-0.25, -0.2) is 9.18 Å². The monoisotopic (exact) mass is 466 g/mol. The van der Waals surface area contributed by atoms with E-state index in [1.807, 2.05) is 29.7 Å². The number of carboxylic acids is 1. The zero-order valence-electron chi connectivity index (χ0n) is 18.9. The summed E-state index contributed by atoms with van der Waals surface area (Å²) in [7, 11) is 0. The average Bonchev–Trinajstić information content (AvgIpc) is 3.30. The fourth-order valence-corrected chi connectivity index (χ4v) is 5.27. The van der Waals surface area contributed by atoms with Gasteiger partial charge in [0.2, 0.25) is 5.43 Å². The molecule has 1 atom stereocenters. The molecule has 2 aliphatic rings. The maximum absolute atomic E-state index is 15.6. The van der Waals surface area contributed by atoms with Crippen molar-refractivity contribution in [3.63, 3.8) is 0 Å². The Hall–Kier alpha value is -3.62. The Labute approximate surface area is 195 Å². The number of halogens is 1. The van der Waals surface area contributed by atoms with E-state index >= 15 is 4.39 Å². The SMILES string of the molecule is CC(CCc1ccccn1)Nc1c(F)c(N)c2c(=O)c(C(=O)O)cn3c2c1OCC31CCCC1. The lowest BCUT2D eigenvalue weighted by Gasteiger charge is -2.39. The van der Waals surface area contributed by atoms with Crippen LogP contribution in [0.25, 0.3) is 10.9 Å². The molecule has 4 N–H and O–H groups in total. The van der Waals surface area contributed by atoms with E-state index in [0.29, 0.717) is 18.4 Å². The van der Waals surface area contributed by atoms with E-state index in [1.165, 1.54) is 6.20 Å². The highest BCUT2D eigenvalue weighted by Gasteiger charge is 2.43. The molecule has 34 heavy (non-hydrogen) atoms. The summed E-state index contributed by atoms with van der Waals surface area (Å²) in [5.74, 6) is -1.96. The third-order valence-electron chi connectivity index (χ3n) is 7.09. The van der Waals surface area contributed by atoms with Gasteiger partial charge in [-0.2, -0.15) is 0 Å². The van der Waals surface area contributed by atoms with Crippen LogP contribution in [0.5, 0.6) is 5.75 Å². The van der Waals surface area contributed by atoms with Crippen molar-refractivity contribution in [3.05, 3.63) is 57.9 Å². The van der Waals surface area contributed by atoms with Gasteiger partial charge in [0.05, 0.1) is 22.1 Å². The Balaban J connectivity index is 1.63. The smallest absolute Gasteiger partial charge is 0.341 e. The second-order valence-corrected chi connectivity index (χ2v) is 9.33. The number of anilines is 2. The second kappa shape index (κ2) is 8.30. The molecule has 1 aliphatic heterocycles. The Morgan fingerprint density at radius 2 is 2.15 bits per heavy atom. The molecule has 178 valence electrons. The molecule has 1 spiro atoms. The van der Waals surface area contributed by atoms with Crippen molar-refractivity contribution in [3.8, 4) is 5.75 Å². The van der Waals surface area contributed by atoms with Gasteiger partial charge < -0.3 is 25.5 Å². The summed E-state index contributed by atoms with van der Waals surface area (Å²) in [6, 6.07) is 5.57. The number of aromatic nitrogens is 2. The standard InChI is InChI=1S/C25H27FN4O4/c1-14(7-8-15-6-2-5-11-28-15)29-20-18(26)19(27)17-21-23(20)34-13-25(9-3-4-10-25)30(21)12-16(22(17)31)24(32)33/h2,5-6,11-12,14,29H,3-4,7-10,13,27H2,1H3,(H,32,33). The first-order valence-electron chi connectivity index (χ1n) is 11.6. The summed E-state index contributed by atoms with van der Waals surface area (Å²) in [4.78, 5) is 29.2. The van der Waals surface area contributed by atoms with E-state index in [2.05, 4.69) is 10.3 Å². The average molecular weight is 467 g/mol. The van der Waals surface area contributed by atoms with Gasteiger partial charge in [0.1, 0.15) is 17.9 Å². The van der Waals surface area contributed by atoms with Crippen LogP contribution in [0.3, 0.4) is 0 Å². The second-order valence-electron chi connectivity index (χ2n) is 9.33. The minimum atomic E-state index is -1.36. The third-order valence-corrected chi connectivity index (χ3v) is 7.09. The molecule has 1 aromatic carbocycles. The lowest BCUT2D eigenvalue weighted by molar-refractivity contribution is 0.0692. The predicted molar refractivity (Wildman–Crippen MR) is 127 cm³/mol. The lowest BCUT2D eigenvalue weighted by Crippen LogP contribution is -2.42. The lowest BCUT2D eigenvalue weighted by atomic mass is 9.93. The highest BCUT2D eigenvalue weighted by molar-refractivity contribution is 6.03. The first-order chi connectivity index (χ1) is 16.3. The fraction of sp³-hybridized carbons (Fsp3) is 0.400. The van der Waals surface area contributed by atoms with Gasteiger partial charge in [-0.1, -0.05) is 18.9 Å². The molecule has 9 heteroatoms. The highest BCUT2D eigenvalue weighted by atomic mass is 19.1. The number of rotatable bonds is 6. The highest BCUT2D eigenvalue weighted by Crippen LogP contribution is 2.49. The van der Waals surface area contributed by atoms with E-state index < -0.39 is 28.3 Å². The van der Waals surface area contributed by atoms with Crippen LogP contribution in [0, 0.1) is 5.82 Å². The van der Waals surface area contributed by atoms with Crippen molar-refractivity contribution in [2.45, 2.75) is 57.0 Å². The summed E-state index contributed by atoms with van der Waals surface area (Å²) in [5, 5.41) is 12.7. The molecule has 1 fully saturated rings. The number of nitrogens with zero attached hydrogens (tertiary/aromatic N) is 2. The molecule has 1 unspecified atom stereocenters. The summed E-state index contributed by atoms with van der Waals surface area (Å²) >= 11 is 0. The molecule has 5 rings (SSSR count). The molecule has 0 radical (unpaired) electrons. The largest absolute Gasteiger partial charge is 0.487 e. The first kappa shape index (κ1) is 22.2. The van der Waals surface area contributed by atoms with Gasteiger partial charge in [0, 0.05) is 24.1 Å². The van der Waals surface area contributed by atoms with E-state index in [4.69, 9.17) is 10.5 Å². The number of carboxylic acid groups (broad SMARTS) is 1. The normalized spacial score (nSPS) is 17.0. The van der Waals surface area contributed by atoms with Crippen molar-refractivity contribution in [2.24, 2.45) is 0 Å². The van der Waals surface area contributed by atoms with Crippen LogP contribution in [-0.4, -0.2) is 33.3 Å². The number of hydrogen-bond donors (Lipinski definition) is 3. The summed E-state index contributed by atoms with van der Waals surface area (Å²) in [5.41, 5.74) is 5.49. The number of nitrogen functional groups attached to an aromatic ring is 1. The zero-order chi connectivity index (χ0) is 24.0. The Morgan fingerprint density at radius 1 is 1.38 bits per heavy atom. The van der Waals surface area contributed by atoms with E-state index in [-0.39, 0.29) is 35.2 Å². The number of benzene rings is 1. The van der Waals surface area contributed by atoms with Crippen molar-refractivity contribution in [1.82, 2.24) is 9.55 Å². The number of nitrogens with two attached hydrogens (primary N) is 1.